The van der Waals surface area contributed by atoms with E-state index >= 15 is 0 Å². The van der Waals surface area contributed by atoms with Gasteiger partial charge in [0.2, 0.25) is 5.91 Å². The van der Waals surface area contributed by atoms with Gasteiger partial charge in [0.1, 0.15) is 23.9 Å². The molecule has 1 N–H and O–H groups in total. The second-order valence-corrected chi connectivity index (χ2v) is 6.88. The molecule has 1 aliphatic heterocycles. The molecule has 1 aliphatic rings. The number of benzene rings is 2. The van der Waals surface area contributed by atoms with Crippen molar-refractivity contribution in [1.29, 1.82) is 0 Å². The van der Waals surface area contributed by atoms with Crippen molar-refractivity contribution < 1.29 is 23.4 Å². The average Bonchev–Trinajstić information content (AvgIpc) is 3.23. The van der Waals surface area contributed by atoms with E-state index in [0.717, 1.165) is 23.8 Å². The van der Waals surface area contributed by atoms with Crippen LogP contribution in [-0.2, 0) is 14.3 Å². The number of halogens is 1. The van der Waals surface area contributed by atoms with Crippen molar-refractivity contribution in [2.45, 2.75) is 6.42 Å². The summed E-state index contributed by atoms with van der Waals surface area (Å²) in [5.41, 5.74) is 0.609. The van der Waals surface area contributed by atoms with Crippen LogP contribution < -0.4 is 10.1 Å². The molecule has 2 aromatic carbocycles. The molecule has 7 heteroatoms. The van der Waals surface area contributed by atoms with Crippen LogP contribution in [0.1, 0.15) is 6.42 Å². The number of hydrogen-bond acceptors (Lipinski definition) is 5. The molecule has 1 atom stereocenters. The normalized spacial score (nSPS) is 16.1. The third kappa shape index (κ3) is 4.88. The molecule has 0 saturated carbocycles. The molecule has 2 heterocycles. The van der Waals surface area contributed by atoms with E-state index in [0.29, 0.717) is 36.3 Å². The number of anilines is 1. The highest BCUT2D eigenvalue weighted by Gasteiger charge is 2.16. The van der Waals surface area contributed by atoms with Crippen LogP contribution in [0.2, 0.25) is 0 Å². The maximum Gasteiger partial charge on any atom is 0.250 e. The van der Waals surface area contributed by atoms with Crippen LogP contribution in [0.15, 0.2) is 54.9 Å². The van der Waals surface area contributed by atoms with Crippen LogP contribution in [0.5, 0.6) is 11.5 Å². The second kappa shape index (κ2) is 8.98. The zero-order valence-corrected chi connectivity index (χ0v) is 15.8. The highest BCUT2D eigenvalue weighted by molar-refractivity contribution is 6.04. The highest BCUT2D eigenvalue weighted by Crippen LogP contribution is 2.34. The van der Waals surface area contributed by atoms with Crippen molar-refractivity contribution in [3.8, 4) is 11.5 Å². The predicted molar refractivity (Wildman–Crippen MR) is 107 cm³/mol. The van der Waals surface area contributed by atoms with E-state index in [4.69, 9.17) is 14.2 Å². The minimum Gasteiger partial charge on any atom is -0.457 e. The number of aromatic nitrogens is 1. The zero-order chi connectivity index (χ0) is 20.1. The Morgan fingerprint density at radius 2 is 2.17 bits per heavy atom. The summed E-state index contributed by atoms with van der Waals surface area (Å²) in [5.74, 6) is 0.675. The minimum absolute atomic E-state index is 0.0280. The number of hydrogen-bond donors (Lipinski definition) is 1. The van der Waals surface area contributed by atoms with Gasteiger partial charge < -0.3 is 19.5 Å². The molecule has 1 aromatic heterocycles. The summed E-state index contributed by atoms with van der Waals surface area (Å²) in [6.45, 7) is 1.92. The molecule has 29 heavy (non-hydrogen) atoms. The first-order chi connectivity index (χ1) is 14.2. The smallest absolute Gasteiger partial charge is 0.250 e. The number of nitrogens with one attached hydrogen (secondary N) is 1. The lowest BCUT2D eigenvalue weighted by atomic mass is 10.1. The van der Waals surface area contributed by atoms with Gasteiger partial charge in [0.05, 0.1) is 18.9 Å². The number of rotatable bonds is 7. The van der Waals surface area contributed by atoms with Gasteiger partial charge in [-0.25, -0.2) is 4.39 Å². The van der Waals surface area contributed by atoms with Gasteiger partial charge in [-0.15, -0.1) is 0 Å². The maximum absolute atomic E-state index is 13.4. The van der Waals surface area contributed by atoms with Gasteiger partial charge in [-0.1, -0.05) is 6.07 Å². The first-order valence-corrected chi connectivity index (χ1v) is 9.44. The van der Waals surface area contributed by atoms with Crippen molar-refractivity contribution in [3.63, 3.8) is 0 Å². The van der Waals surface area contributed by atoms with E-state index in [2.05, 4.69) is 10.3 Å². The lowest BCUT2D eigenvalue weighted by Gasteiger charge is -2.13. The van der Waals surface area contributed by atoms with E-state index < -0.39 is 0 Å². The van der Waals surface area contributed by atoms with E-state index in [1.54, 1.807) is 42.7 Å². The Bertz CT molecular complexity index is 1010. The van der Waals surface area contributed by atoms with Crippen molar-refractivity contribution in [3.05, 3.63) is 60.7 Å². The largest absolute Gasteiger partial charge is 0.457 e. The van der Waals surface area contributed by atoms with Crippen LogP contribution in [0.3, 0.4) is 0 Å². The predicted octanol–water partition coefficient (Wildman–Crippen LogP) is 4.16. The van der Waals surface area contributed by atoms with Crippen molar-refractivity contribution >= 4 is 22.4 Å². The molecule has 6 nitrogen and oxygen atoms in total. The Labute approximate surface area is 167 Å². The fourth-order valence-electron chi connectivity index (χ4n) is 3.24. The first-order valence-electron chi connectivity index (χ1n) is 9.44. The first kappa shape index (κ1) is 19.3. The zero-order valence-electron chi connectivity index (χ0n) is 15.8. The SMILES string of the molecule is O=C(COCC1CCOC1)Nc1ccc(Oc2cccc(F)c2)c2ccncc12. The topological polar surface area (TPSA) is 69.7 Å². The summed E-state index contributed by atoms with van der Waals surface area (Å²) in [5, 5.41) is 4.34. The standard InChI is InChI=1S/C22H21FN2O4/c23-16-2-1-3-17(10-16)29-21-5-4-20(19-11-24-8-6-18(19)21)25-22(26)14-28-13-15-7-9-27-12-15/h1-6,8,10-11,15H,7,9,12-14H2,(H,25,26). The van der Waals surface area contributed by atoms with E-state index in [9.17, 15) is 9.18 Å². The fraction of sp³-hybridized carbons (Fsp3) is 0.273. The average molecular weight is 396 g/mol. The molecule has 0 radical (unpaired) electrons. The van der Waals surface area contributed by atoms with Crippen LogP contribution in [-0.4, -0.2) is 37.3 Å². The van der Waals surface area contributed by atoms with Crippen LogP contribution in [0, 0.1) is 11.7 Å². The molecule has 3 aromatic rings. The number of fused-ring (bicyclic) bond motifs is 1. The number of pyridine rings is 1. The molecule has 4 rings (SSSR count). The van der Waals surface area contributed by atoms with Crippen LogP contribution >= 0.6 is 0 Å². The lowest BCUT2D eigenvalue weighted by Crippen LogP contribution is -2.21. The van der Waals surface area contributed by atoms with E-state index in [1.165, 1.54) is 12.1 Å². The molecule has 0 aliphatic carbocycles. The van der Waals surface area contributed by atoms with Crippen molar-refractivity contribution in [2.24, 2.45) is 5.92 Å². The van der Waals surface area contributed by atoms with Gasteiger partial charge in [-0.05, 0) is 36.8 Å². The van der Waals surface area contributed by atoms with Crippen molar-refractivity contribution in [1.82, 2.24) is 4.98 Å². The van der Waals surface area contributed by atoms with Crippen LogP contribution in [0.4, 0.5) is 10.1 Å². The molecular formula is C22H21FN2O4. The Morgan fingerprint density at radius 3 is 3.00 bits per heavy atom. The molecule has 150 valence electrons. The third-order valence-corrected chi connectivity index (χ3v) is 4.69. The van der Waals surface area contributed by atoms with Gasteiger partial charge in [-0.3, -0.25) is 9.78 Å². The molecule has 1 saturated heterocycles. The van der Waals surface area contributed by atoms with Crippen LogP contribution in [0.25, 0.3) is 10.8 Å². The lowest BCUT2D eigenvalue weighted by molar-refractivity contribution is -0.121. The summed E-state index contributed by atoms with van der Waals surface area (Å²) in [4.78, 5) is 16.4. The molecule has 0 spiro atoms. The third-order valence-electron chi connectivity index (χ3n) is 4.69. The molecule has 0 bridgehead atoms. The van der Waals surface area contributed by atoms with Crippen molar-refractivity contribution in [2.75, 3.05) is 31.7 Å². The van der Waals surface area contributed by atoms with Gasteiger partial charge in [0.25, 0.3) is 0 Å². The number of carbonyl (C=O) groups excluding carboxylic acids is 1. The highest BCUT2D eigenvalue weighted by atomic mass is 19.1. The number of amides is 1. The van der Waals surface area contributed by atoms with Gasteiger partial charge in [-0.2, -0.15) is 0 Å². The van der Waals surface area contributed by atoms with Gasteiger partial charge >= 0.3 is 0 Å². The van der Waals surface area contributed by atoms with Gasteiger partial charge in [0.15, 0.2) is 0 Å². The molecule has 1 fully saturated rings. The summed E-state index contributed by atoms with van der Waals surface area (Å²) in [6.07, 6.45) is 4.25. The monoisotopic (exact) mass is 396 g/mol. The Kier molecular flexibility index (Phi) is 5.97. The Morgan fingerprint density at radius 1 is 1.24 bits per heavy atom. The Hall–Kier alpha value is -3.03. The molecular weight excluding hydrogens is 375 g/mol. The number of nitrogens with zero attached hydrogens (tertiary/aromatic N) is 1. The summed E-state index contributed by atoms with van der Waals surface area (Å²) in [7, 11) is 0. The van der Waals surface area contributed by atoms with Gasteiger partial charge in [0, 0.05) is 41.8 Å². The number of carbonyl (C=O) groups is 1. The molecule has 1 amide bonds. The Balaban J connectivity index is 1.46. The fourth-order valence-corrected chi connectivity index (χ4v) is 3.24. The summed E-state index contributed by atoms with van der Waals surface area (Å²) in [6, 6.07) is 11.2. The summed E-state index contributed by atoms with van der Waals surface area (Å²) < 4.78 is 30.1. The van der Waals surface area contributed by atoms with E-state index in [-0.39, 0.29) is 18.3 Å². The number of ether oxygens (including phenoxy) is 3. The summed E-state index contributed by atoms with van der Waals surface area (Å²) >= 11 is 0. The second-order valence-electron chi connectivity index (χ2n) is 6.88. The molecule has 1 unspecified atom stereocenters. The maximum atomic E-state index is 13.4. The minimum atomic E-state index is -0.374. The quantitative estimate of drug-likeness (QED) is 0.650. The van der Waals surface area contributed by atoms with E-state index in [1.807, 2.05) is 0 Å².